The quantitative estimate of drug-likeness (QED) is 0.527. The van der Waals surface area contributed by atoms with Gasteiger partial charge in [-0.1, -0.05) is 62.4 Å². The van der Waals surface area contributed by atoms with Crippen LogP contribution in [0, 0.1) is 5.41 Å². The second kappa shape index (κ2) is 8.64. The van der Waals surface area contributed by atoms with Crippen LogP contribution in [0.1, 0.15) is 72.8 Å². The molecule has 4 heteroatoms. The molecule has 2 aromatic rings. The van der Waals surface area contributed by atoms with Crippen molar-refractivity contribution in [3.8, 4) is 0 Å². The molecule has 0 bridgehead atoms. The second-order valence-corrected chi connectivity index (χ2v) is 11.3. The highest BCUT2D eigenvalue weighted by Gasteiger charge is 2.45. The zero-order valence-corrected chi connectivity index (χ0v) is 20.6. The van der Waals surface area contributed by atoms with Crippen molar-refractivity contribution in [2.75, 3.05) is 11.6 Å². The molecule has 1 saturated heterocycles. The molecule has 2 aliphatic rings. The van der Waals surface area contributed by atoms with Crippen LogP contribution in [0.2, 0.25) is 0 Å². The zero-order valence-electron chi connectivity index (χ0n) is 20.6. The molecule has 0 spiro atoms. The van der Waals surface area contributed by atoms with Crippen LogP contribution in [0.3, 0.4) is 0 Å². The van der Waals surface area contributed by atoms with Crippen molar-refractivity contribution in [1.29, 1.82) is 0 Å². The van der Waals surface area contributed by atoms with Crippen molar-refractivity contribution in [3.05, 3.63) is 66.2 Å². The Morgan fingerprint density at radius 1 is 0.844 bits per heavy atom. The monoisotopic (exact) mass is 433 g/mol. The molecule has 2 heterocycles. The molecule has 0 amide bonds. The van der Waals surface area contributed by atoms with Crippen LogP contribution in [0.4, 0.5) is 5.69 Å². The van der Waals surface area contributed by atoms with Crippen LogP contribution < -0.4 is 5.01 Å². The van der Waals surface area contributed by atoms with Crippen LogP contribution in [0.25, 0.3) is 0 Å². The van der Waals surface area contributed by atoms with Crippen molar-refractivity contribution in [2.24, 2.45) is 10.5 Å². The predicted octanol–water partition coefficient (Wildman–Crippen LogP) is 6.67. The number of benzene rings is 2. The average molecular weight is 434 g/mol. The smallest absolute Gasteiger partial charge is 0.0915 e. The summed E-state index contributed by atoms with van der Waals surface area (Å²) in [7, 11) is 0. The number of hydrogen-bond donors (Lipinski definition) is 0. The molecule has 1 unspecified atom stereocenters. The van der Waals surface area contributed by atoms with E-state index >= 15 is 0 Å². The highest BCUT2D eigenvalue weighted by Crippen LogP contribution is 2.41. The van der Waals surface area contributed by atoms with E-state index in [-0.39, 0.29) is 22.5 Å². The molecule has 4 rings (SSSR count). The van der Waals surface area contributed by atoms with Gasteiger partial charge in [0.25, 0.3) is 0 Å². The lowest BCUT2D eigenvalue weighted by Crippen LogP contribution is -2.60. The summed E-state index contributed by atoms with van der Waals surface area (Å²) in [6.45, 7) is 14.5. The van der Waals surface area contributed by atoms with E-state index in [0.717, 1.165) is 30.7 Å². The molecule has 172 valence electrons. The molecule has 0 aromatic heterocycles. The Kier molecular flexibility index (Phi) is 6.21. The maximum Gasteiger partial charge on any atom is 0.0915 e. The van der Waals surface area contributed by atoms with Crippen molar-refractivity contribution in [2.45, 2.75) is 84.3 Å². The third-order valence-corrected chi connectivity index (χ3v) is 7.21. The highest BCUT2D eigenvalue weighted by molar-refractivity contribution is 6.02. The van der Waals surface area contributed by atoms with Gasteiger partial charge >= 0.3 is 0 Å². The Bertz CT molecular complexity index is 918. The van der Waals surface area contributed by atoms with Crippen LogP contribution in [-0.2, 0) is 4.84 Å². The van der Waals surface area contributed by atoms with Crippen LogP contribution in [-0.4, -0.2) is 34.5 Å². The third kappa shape index (κ3) is 4.62. The standard InChI is InChI=1S/C28H39N3O/c1-26(2)20-24(22-14-9-7-10-15-22)29-30(23-16-11-8-12-17-23)25(26)21-32-31-27(3,4)18-13-19-28(31,5)6/h7-12,14-17,25H,13,18-21H2,1-6H3. The van der Waals surface area contributed by atoms with E-state index in [4.69, 9.17) is 9.94 Å². The van der Waals surface area contributed by atoms with E-state index in [1.165, 1.54) is 12.0 Å². The van der Waals surface area contributed by atoms with Gasteiger partial charge in [-0.05, 0) is 76.5 Å². The SMILES string of the molecule is CC1(C)CC(c2ccccc2)=NN(c2ccccc2)C1CON1C(C)(C)CCCC1(C)C. The minimum absolute atomic E-state index is 0.00710. The van der Waals surface area contributed by atoms with E-state index in [1.807, 2.05) is 0 Å². The third-order valence-electron chi connectivity index (χ3n) is 7.21. The Balaban J connectivity index is 1.67. The van der Waals surface area contributed by atoms with Crippen LogP contribution in [0.15, 0.2) is 65.8 Å². The summed E-state index contributed by atoms with van der Waals surface area (Å²) in [5.74, 6) is 0. The lowest BCUT2D eigenvalue weighted by Gasteiger charge is -2.53. The van der Waals surface area contributed by atoms with Gasteiger partial charge < -0.3 is 0 Å². The van der Waals surface area contributed by atoms with Gasteiger partial charge in [0.05, 0.1) is 24.0 Å². The summed E-state index contributed by atoms with van der Waals surface area (Å²) >= 11 is 0. The molecule has 0 aliphatic carbocycles. The second-order valence-electron chi connectivity index (χ2n) is 11.3. The van der Waals surface area contributed by atoms with Gasteiger partial charge in [-0.3, -0.25) is 9.85 Å². The summed E-state index contributed by atoms with van der Waals surface area (Å²) in [4.78, 5) is 6.70. The molecule has 0 saturated carbocycles. The number of nitrogens with zero attached hydrogens (tertiary/aromatic N) is 3. The predicted molar refractivity (Wildman–Crippen MR) is 134 cm³/mol. The molecule has 0 N–H and O–H groups in total. The van der Waals surface area contributed by atoms with E-state index in [2.05, 4.69) is 112 Å². The normalized spacial score (nSPS) is 24.8. The number of rotatable bonds is 5. The lowest BCUT2D eigenvalue weighted by atomic mass is 9.77. The van der Waals surface area contributed by atoms with Crippen LogP contribution >= 0.6 is 0 Å². The van der Waals surface area contributed by atoms with Gasteiger partial charge in [0.15, 0.2) is 0 Å². The molecular formula is C28H39N3O. The first-order chi connectivity index (χ1) is 15.1. The van der Waals surface area contributed by atoms with Gasteiger partial charge in [0, 0.05) is 11.1 Å². The van der Waals surface area contributed by atoms with Gasteiger partial charge in [0.1, 0.15) is 0 Å². The lowest BCUT2D eigenvalue weighted by molar-refractivity contribution is -0.285. The number of piperidine rings is 1. The molecule has 2 aromatic carbocycles. The average Bonchev–Trinajstić information content (AvgIpc) is 2.74. The fraction of sp³-hybridized carbons (Fsp3) is 0.536. The largest absolute Gasteiger partial charge is 0.296 e. The van der Waals surface area contributed by atoms with E-state index in [9.17, 15) is 0 Å². The van der Waals surface area contributed by atoms with Gasteiger partial charge in [-0.15, -0.1) is 0 Å². The maximum absolute atomic E-state index is 6.70. The fourth-order valence-electron chi connectivity index (χ4n) is 5.49. The topological polar surface area (TPSA) is 28.1 Å². The maximum atomic E-state index is 6.70. The van der Waals surface area contributed by atoms with Gasteiger partial charge in [-0.2, -0.15) is 10.2 Å². The Morgan fingerprint density at radius 3 is 2.00 bits per heavy atom. The molecule has 1 fully saturated rings. The van der Waals surface area contributed by atoms with Crippen molar-refractivity contribution < 1.29 is 4.84 Å². The summed E-state index contributed by atoms with van der Waals surface area (Å²) in [5.41, 5.74) is 3.48. The molecule has 0 radical (unpaired) electrons. The minimum Gasteiger partial charge on any atom is -0.296 e. The van der Waals surface area contributed by atoms with E-state index in [0.29, 0.717) is 6.61 Å². The minimum atomic E-state index is -0.00710. The fourth-order valence-corrected chi connectivity index (χ4v) is 5.49. The first kappa shape index (κ1) is 23.0. The van der Waals surface area contributed by atoms with E-state index in [1.54, 1.807) is 0 Å². The summed E-state index contributed by atoms with van der Waals surface area (Å²) < 4.78 is 0. The molecule has 32 heavy (non-hydrogen) atoms. The van der Waals surface area contributed by atoms with Crippen molar-refractivity contribution in [3.63, 3.8) is 0 Å². The first-order valence-corrected chi connectivity index (χ1v) is 12.0. The van der Waals surface area contributed by atoms with Crippen molar-refractivity contribution >= 4 is 11.4 Å². The molecule has 2 aliphatic heterocycles. The number of hydrogen-bond acceptors (Lipinski definition) is 4. The summed E-state index contributed by atoms with van der Waals surface area (Å²) in [6.07, 6.45) is 4.48. The highest BCUT2D eigenvalue weighted by atomic mass is 16.7. The number of hydroxylamine groups is 2. The Labute approximate surface area is 194 Å². The molecular weight excluding hydrogens is 394 g/mol. The Morgan fingerprint density at radius 2 is 1.41 bits per heavy atom. The molecule has 1 atom stereocenters. The number of para-hydroxylation sites is 1. The van der Waals surface area contributed by atoms with Crippen molar-refractivity contribution in [1.82, 2.24) is 5.06 Å². The van der Waals surface area contributed by atoms with Crippen LogP contribution in [0.5, 0.6) is 0 Å². The summed E-state index contributed by atoms with van der Waals surface area (Å²) in [5, 5.41) is 9.67. The molecule has 4 nitrogen and oxygen atoms in total. The van der Waals surface area contributed by atoms with E-state index < -0.39 is 0 Å². The summed E-state index contributed by atoms with van der Waals surface area (Å²) in [6, 6.07) is 21.2. The van der Waals surface area contributed by atoms with Gasteiger partial charge in [0.2, 0.25) is 0 Å². The van der Waals surface area contributed by atoms with Gasteiger partial charge in [-0.25, -0.2) is 0 Å². The number of anilines is 1. The Hall–Kier alpha value is -2.17. The zero-order chi connectivity index (χ0) is 23.0. The number of hydrazone groups is 1. The first-order valence-electron chi connectivity index (χ1n) is 12.0.